The molecule has 8 heteroatoms. The van der Waals surface area contributed by atoms with E-state index in [1.807, 2.05) is 13.8 Å². The lowest BCUT2D eigenvalue weighted by molar-refractivity contribution is -0.120. The summed E-state index contributed by atoms with van der Waals surface area (Å²) < 4.78 is 35.5. The fourth-order valence-corrected chi connectivity index (χ4v) is 2.84. The number of rotatable bonds is 6. The van der Waals surface area contributed by atoms with Gasteiger partial charge in [-0.1, -0.05) is 6.92 Å². The molecule has 1 N–H and O–H groups in total. The van der Waals surface area contributed by atoms with Crippen LogP contribution in [-0.4, -0.2) is 40.0 Å². The van der Waals surface area contributed by atoms with Gasteiger partial charge in [-0.2, -0.15) is 0 Å². The lowest BCUT2D eigenvalue weighted by Gasteiger charge is -2.23. The Bertz CT molecular complexity index is 659. The molecule has 1 heterocycles. The average Bonchev–Trinajstić information content (AvgIpc) is 2.90. The van der Waals surface area contributed by atoms with Crippen molar-refractivity contribution in [1.82, 2.24) is 5.32 Å². The maximum Gasteiger partial charge on any atom is 0.240 e. The first-order chi connectivity index (χ1) is 10.3. The molecule has 1 aliphatic rings. The molecule has 0 spiro atoms. The highest BCUT2D eigenvalue weighted by Gasteiger charge is 2.24. The lowest BCUT2D eigenvalue weighted by atomic mass is 10.2. The van der Waals surface area contributed by atoms with Crippen molar-refractivity contribution in [3.63, 3.8) is 0 Å². The molecule has 1 aromatic carbocycles. The number of ether oxygens (including phenoxy) is 2. The summed E-state index contributed by atoms with van der Waals surface area (Å²) >= 11 is 0. The van der Waals surface area contributed by atoms with Crippen LogP contribution in [0.3, 0.4) is 0 Å². The van der Waals surface area contributed by atoms with Crippen LogP contribution < -0.4 is 19.1 Å². The molecule has 0 fully saturated rings. The van der Waals surface area contributed by atoms with Crippen molar-refractivity contribution in [2.75, 3.05) is 23.9 Å². The molecule has 2 rings (SSSR count). The number of nitrogens with one attached hydrogen (secondary N) is 1. The minimum atomic E-state index is -3.60. The molecule has 0 aliphatic carbocycles. The molecular formula is C14H20N2O5S. The Hall–Kier alpha value is -1.96. The highest BCUT2D eigenvalue weighted by Crippen LogP contribution is 2.35. The van der Waals surface area contributed by atoms with Crippen LogP contribution in [0.1, 0.15) is 20.3 Å². The third-order valence-electron chi connectivity index (χ3n) is 3.35. The van der Waals surface area contributed by atoms with Gasteiger partial charge < -0.3 is 14.8 Å². The Morgan fingerprint density at radius 3 is 2.68 bits per heavy atom. The Morgan fingerprint density at radius 2 is 2.05 bits per heavy atom. The molecule has 0 saturated heterocycles. The molecule has 0 aromatic heterocycles. The summed E-state index contributed by atoms with van der Waals surface area (Å²) in [5.74, 6) is 0.673. The fourth-order valence-electron chi connectivity index (χ4n) is 1.99. The molecule has 22 heavy (non-hydrogen) atoms. The summed E-state index contributed by atoms with van der Waals surface area (Å²) in [6.45, 7) is 3.63. The van der Waals surface area contributed by atoms with Crippen molar-refractivity contribution in [1.29, 1.82) is 0 Å². The van der Waals surface area contributed by atoms with Gasteiger partial charge in [0.25, 0.3) is 0 Å². The van der Waals surface area contributed by atoms with Gasteiger partial charge in [-0.05, 0) is 25.5 Å². The number of hydrogen-bond donors (Lipinski definition) is 1. The van der Waals surface area contributed by atoms with Gasteiger partial charge in [0.2, 0.25) is 22.7 Å². The van der Waals surface area contributed by atoms with Crippen LogP contribution in [0.5, 0.6) is 11.5 Å². The quantitative estimate of drug-likeness (QED) is 0.845. The van der Waals surface area contributed by atoms with Crippen LogP contribution in [0, 0.1) is 0 Å². The van der Waals surface area contributed by atoms with Gasteiger partial charge in [0.15, 0.2) is 11.5 Å². The van der Waals surface area contributed by atoms with E-state index < -0.39 is 10.0 Å². The van der Waals surface area contributed by atoms with E-state index in [1.54, 1.807) is 18.2 Å². The molecule has 1 aromatic rings. The van der Waals surface area contributed by atoms with Crippen molar-refractivity contribution in [3.8, 4) is 11.5 Å². The number of sulfonamides is 1. The van der Waals surface area contributed by atoms with E-state index in [0.29, 0.717) is 17.2 Å². The zero-order valence-electron chi connectivity index (χ0n) is 12.8. The molecule has 1 atom stereocenters. The summed E-state index contributed by atoms with van der Waals surface area (Å²) in [4.78, 5) is 12.0. The number of nitrogens with zero attached hydrogens (tertiary/aromatic N) is 1. The molecule has 0 radical (unpaired) electrons. The largest absolute Gasteiger partial charge is 0.454 e. The highest BCUT2D eigenvalue weighted by atomic mass is 32.2. The second kappa shape index (κ2) is 6.43. The van der Waals surface area contributed by atoms with E-state index in [2.05, 4.69) is 5.32 Å². The number of amides is 1. The van der Waals surface area contributed by atoms with E-state index in [9.17, 15) is 13.2 Å². The van der Waals surface area contributed by atoms with Crippen molar-refractivity contribution in [2.24, 2.45) is 0 Å². The Morgan fingerprint density at radius 1 is 1.36 bits per heavy atom. The zero-order chi connectivity index (χ0) is 16.3. The number of fused-ring (bicyclic) bond motifs is 1. The summed E-state index contributed by atoms with van der Waals surface area (Å²) in [5, 5.41) is 2.75. The van der Waals surface area contributed by atoms with Gasteiger partial charge in [0.1, 0.15) is 6.54 Å². The molecule has 1 aliphatic heterocycles. The van der Waals surface area contributed by atoms with Crippen molar-refractivity contribution >= 4 is 21.6 Å². The average molecular weight is 328 g/mol. The Labute approximate surface area is 130 Å². The van der Waals surface area contributed by atoms with Crippen LogP contribution in [0.15, 0.2) is 18.2 Å². The first-order valence-corrected chi connectivity index (χ1v) is 8.82. The van der Waals surface area contributed by atoms with Crippen LogP contribution in [0.25, 0.3) is 0 Å². The normalized spacial score (nSPS) is 14.5. The fraction of sp³-hybridized carbons (Fsp3) is 0.500. The Kier molecular flexibility index (Phi) is 4.80. The van der Waals surface area contributed by atoms with E-state index in [-0.39, 0.29) is 25.3 Å². The molecule has 0 bridgehead atoms. The monoisotopic (exact) mass is 328 g/mol. The molecule has 0 saturated carbocycles. The van der Waals surface area contributed by atoms with Gasteiger partial charge >= 0.3 is 0 Å². The van der Waals surface area contributed by atoms with Gasteiger partial charge in [0.05, 0.1) is 11.9 Å². The topological polar surface area (TPSA) is 84.9 Å². The van der Waals surface area contributed by atoms with Crippen molar-refractivity contribution in [3.05, 3.63) is 18.2 Å². The van der Waals surface area contributed by atoms with Crippen LogP contribution in [0.2, 0.25) is 0 Å². The standard InChI is InChI=1S/C14H20N2O5S/c1-4-10(2)15-14(17)8-16(22(3,18)19)11-5-6-12-13(7-11)21-9-20-12/h5-7,10H,4,8-9H2,1-3H3,(H,15,17)/t10-/m0/s1. The molecular weight excluding hydrogens is 308 g/mol. The minimum absolute atomic E-state index is 0.00864. The molecule has 1 amide bonds. The first-order valence-electron chi connectivity index (χ1n) is 6.98. The van der Waals surface area contributed by atoms with Gasteiger partial charge in [-0.3, -0.25) is 9.10 Å². The summed E-state index contributed by atoms with van der Waals surface area (Å²) in [7, 11) is -3.60. The maximum atomic E-state index is 12.0. The van der Waals surface area contributed by atoms with E-state index in [4.69, 9.17) is 9.47 Å². The van der Waals surface area contributed by atoms with Crippen molar-refractivity contribution < 1.29 is 22.7 Å². The van der Waals surface area contributed by atoms with E-state index >= 15 is 0 Å². The third-order valence-corrected chi connectivity index (χ3v) is 4.49. The van der Waals surface area contributed by atoms with Gasteiger partial charge in [-0.25, -0.2) is 8.42 Å². The van der Waals surface area contributed by atoms with Crippen LogP contribution in [0.4, 0.5) is 5.69 Å². The van der Waals surface area contributed by atoms with Crippen molar-refractivity contribution in [2.45, 2.75) is 26.3 Å². The smallest absolute Gasteiger partial charge is 0.240 e. The second-order valence-corrected chi connectivity index (χ2v) is 7.09. The van der Waals surface area contributed by atoms with Crippen LogP contribution in [-0.2, 0) is 14.8 Å². The number of benzene rings is 1. The molecule has 0 unspecified atom stereocenters. The summed E-state index contributed by atoms with van der Waals surface area (Å²) in [6, 6.07) is 4.76. The van der Waals surface area contributed by atoms with Gasteiger partial charge in [0, 0.05) is 12.1 Å². The Balaban J connectivity index is 2.22. The first kappa shape index (κ1) is 16.4. The predicted molar refractivity (Wildman–Crippen MR) is 82.7 cm³/mol. The van der Waals surface area contributed by atoms with E-state index in [1.165, 1.54) is 0 Å². The summed E-state index contributed by atoms with van der Waals surface area (Å²) in [5.41, 5.74) is 0.367. The maximum absolute atomic E-state index is 12.0. The minimum Gasteiger partial charge on any atom is -0.454 e. The number of anilines is 1. The number of carbonyl (C=O) groups excluding carboxylic acids is 1. The third kappa shape index (κ3) is 3.82. The lowest BCUT2D eigenvalue weighted by Crippen LogP contribution is -2.43. The summed E-state index contributed by atoms with van der Waals surface area (Å²) in [6.07, 6.45) is 1.84. The molecule has 7 nitrogen and oxygen atoms in total. The number of carbonyl (C=O) groups is 1. The molecule has 122 valence electrons. The van der Waals surface area contributed by atoms with E-state index in [0.717, 1.165) is 17.0 Å². The number of hydrogen-bond acceptors (Lipinski definition) is 5. The second-order valence-electron chi connectivity index (χ2n) is 5.18. The van der Waals surface area contributed by atoms with Gasteiger partial charge in [-0.15, -0.1) is 0 Å². The zero-order valence-corrected chi connectivity index (χ0v) is 13.6. The highest BCUT2D eigenvalue weighted by molar-refractivity contribution is 7.92. The predicted octanol–water partition coefficient (Wildman–Crippen LogP) is 1.10. The van der Waals surface area contributed by atoms with Crippen LogP contribution >= 0.6 is 0 Å². The SMILES string of the molecule is CC[C@H](C)NC(=O)CN(c1ccc2c(c1)OCO2)S(C)(=O)=O.